The van der Waals surface area contributed by atoms with Gasteiger partial charge in [0.2, 0.25) is 0 Å². The van der Waals surface area contributed by atoms with Gasteiger partial charge in [-0.1, -0.05) is 30.3 Å². The molecule has 0 amide bonds. The van der Waals surface area contributed by atoms with E-state index < -0.39 is 5.82 Å². The van der Waals surface area contributed by atoms with Gasteiger partial charge in [-0.3, -0.25) is 4.79 Å². The van der Waals surface area contributed by atoms with Crippen LogP contribution in [0.4, 0.5) is 4.39 Å². The summed E-state index contributed by atoms with van der Waals surface area (Å²) < 4.78 is 18.0. The molecule has 17 heavy (non-hydrogen) atoms. The molecule has 86 valence electrons. The van der Waals surface area contributed by atoms with Crippen molar-refractivity contribution in [3.63, 3.8) is 0 Å². The van der Waals surface area contributed by atoms with Crippen LogP contribution in [0, 0.1) is 5.82 Å². The van der Waals surface area contributed by atoms with E-state index in [1.165, 1.54) is 25.3 Å². The van der Waals surface area contributed by atoms with Crippen molar-refractivity contribution in [3.05, 3.63) is 65.5 Å². The number of ether oxygens (including phenoxy) is 1. The van der Waals surface area contributed by atoms with E-state index in [0.29, 0.717) is 11.1 Å². The molecular formula is C14H11FO2. The first-order valence-electron chi connectivity index (χ1n) is 5.15. The number of carbonyl (C=O) groups is 1. The summed E-state index contributed by atoms with van der Waals surface area (Å²) in [5.41, 5.74) is 0.982. The average molecular weight is 230 g/mol. The van der Waals surface area contributed by atoms with Crippen molar-refractivity contribution in [2.24, 2.45) is 0 Å². The molecule has 0 aliphatic carbocycles. The van der Waals surface area contributed by atoms with Crippen LogP contribution in [0.25, 0.3) is 0 Å². The van der Waals surface area contributed by atoms with E-state index >= 15 is 0 Å². The maximum Gasteiger partial charge on any atom is 0.193 e. The first-order chi connectivity index (χ1) is 8.22. The van der Waals surface area contributed by atoms with E-state index in [9.17, 15) is 9.18 Å². The van der Waals surface area contributed by atoms with Crippen molar-refractivity contribution < 1.29 is 13.9 Å². The van der Waals surface area contributed by atoms with Crippen LogP contribution in [0.2, 0.25) is 0 Å². The first kappa shape index (κ1) is 11.3. The van der Waals surface area contributed by atoms with Gasteiger partial charge in [-0.05, 0) is 18.2 Å². The lowest BCUT2D eigenvalue weighted by Gasteiger charge is -2.05. The van der Waals surface area contributed by atoms with Crippen LogP contribution in [-0.2, 0) is 0 Å². The topological polar surface area (TPSA) is 26.3 Å². The molecule has 0 saturated carbocycles. The van der Waals surface area contributed by atoms with Crippen LogP contribution < -0.4 is 4.74 Å². The van der Waals surface area contributed by atoms with Crippen LogP contribution in [0.15, 0.2) is 48.5 Å². The van der Waals surface area contributed by atoms with Crippen LogP contribution in [0.5, 0.6) is 5.75 Å². The number of benzene rings is 2. The zero-order chi connectivity index (χ0) is 12.3. The molecule has 0 aliphatic heterocycles. The van der Waals surface area contributed by atoms with Crippen molar-refractivity contribution in [1.82, 2.24) is 0 Å². The fraction of sp³-hybridized carbons (Fsp3) is 0.0714. The summed E-state index contributed by atoms with van der Waals surface area (Å²) in [4.78, 5) is 12.0. The molecule has 0 fully saturated rings. The number of hydrogen-bond acceptors (Lipinski definition) is 2. The molecular weight excluding hydrogens is 219 g/mol. The molecule has 2 aromatic carbocycles. The minimum absolute atomic E-state index is 0.0757. The number of rotatable bonds is 3. The van der Waals surface area contributed by atoms with E-state index in [1.807, 2.05) is 6.07 Å². The zero-order valence-electron chi connectivity index (χ0n) is 9.31. The Morgan fingerprint density at radius 1 is 1.06 bits per heavy atom. The van der Waals surface area contributed by atoms with E-state index in [0.717, 1.165) is 0 Å². The number of carbonyl (C=O) groups excluding carboxylic acids is 1. The van der Waals surface area contributed by atoms with Gasteiger partial charge in [-0.2, -0.15) is 0 Å². The monoisotopic (exact) mass is 230 g/mol. The second kappa shape index (κ2) is 4.78. The lowest BCUT2D eigenvalue weighted by molar-refractivity contribution is 0.103. The summed E-state index contributed by atoms with van der Waals surface area (Å²) >= 11 is 0. The van der Waals surface area contributed by atoms with Gasteiger partial charge in [0.15, 0.2) is 17.3 Å². The normalized spacial score (nSPS) is 10.0. The largest absolute Gasteiger partial charge is 0.494 e. The van der Waals surface area contributed by atoms with Crippen LogP contribution in [0.1, 0.15) is 15.9 Å². The summed E-state index contributed by atoms with van der Waals surface area (Å²) in [6, 6.07) is 12.9. The molecule has 0 bridgehead atoms. The second-order valence-corrected chi connectivity index (χ2v) is 3.54. The van der Waals surface area contributed by atoms with E-state index in [2.05, 4.69) is 0 Å². The zero-order valence-corrected chi connectivity index (χ0v) is 9.31. The Bertz CT molecular complexity index is 535. The van der Waals surface area contributed by atoms with Gasteiger partial charge in [-0.25, -0.2) is 4.39 Å². The van der Waals surface area contributed by atoms with Gasteiger partial charge < -0.3 is 4.74 Å². The summed E-state index contributed by atoms with van der Waals surface area (Å²) in [6.07, 6.45) is 0. The SMILES string of the molecule is COc1cc(C(=O)c2ccccc2)ccc1F. The third-order valence-corrected chi connectivity index (χ3v) is 2.45. The third kappa shape index (κ3) is 2.33. The maximum absolute atomic E-state index is 13.2. The molecule has 0 unspecified atom stereocenters. The second-order valence-electron chi connectivity index (χ2n) is 3.54. The Kier molecular flexibility index (Phi) is 3.19. The summed E-state index contributed by atoms with van der Waals surface area (Å²) in [7, 11) is 1.37. The lowest BCUT2D eigenvalue weighted by atomic mass is 10.0. The van der Waals surface area contributed by atoms with Crippen molar-refractivity contribution in [2.75, 3.05) is 7.11 Å². The van der Waals surface area contributed by atoms with Gasteiger partial charge in [-0.15, -0.1) is 0 Å². The third-order valence-electron chi connectivity index (χ3n) is 2.45. The molecule has 0 radical (unpaired) electrons. The Balaban J connectivity index is 2.38. The highest BCUT2D eigenvalue weighted by Gasteiger charge is 2.11. The molecule has 0 aliphatic rings. The fourth-order valence-corrected chi connectivity index (χ4v) is 1.56. The summed E-state index contributed by atoms with van der Waals surface area (Å²) in [5.74, 6) is -0.548. The smallest absolute Gasteiger partial charge is 0.193 e. The number of halogens is 1. The lowest BCUT2D eigenvalue weighted by Crippen LogP contribution is -2.02. The molecule has 2 rings (SSSR count). The van der Waals surface area contributed by atoms with Gasteiger partial charge >= 0.3 is 0 Å². The quantitative estimate of drug-likeness (QED) is 0.757. The van der Waals surface area contributed by atoms with E-state index in [-0.39, 0.29) is 11.5 Å². The minimum Gasteiger partial charge on any atom is -0.494 e. The van der Waals surface area contributed by atoms with Crippen molar-refractivity contribution in [1.29, 1.82) is 0 Å². The van der Waals surface area contributed by atoms with Crippen molar-refractivity contribution in [3.8, 4) is 5.75 Å². The minimum atomic E-state index is -0.475. The van der Waals surface area contributed by atoms with Gasteiger partial charge in [0.1, 0.15) is 0 Å². The molecule has 2 aromatic rings. The number of methoxy groups -OCH3 is 1. The average Bonchev–Trinajstić information content (AvgIpc) is 2.39. The van der Waals surface area contributed by atoms with Gasteiger partial charge in [0.25, 0.3) is 0 Å². The van der Waals surface area contributed by atoms with Crippen molar-refractivity contribution in [2.45, 2.75) is 0 Å². The Hall–Kier alpha value is -2.16. The van der Waals surface area contributed by atoms with Gasteiger partial charge in [0.05, 0.1) is 7.11 Å². The molecule has 0 spiro atoms. The van der Waals surface area contributed by atoms with Gasteiger partial charge in [0, 0.05) is 11.1 Å². The van der Waals surface area contributed by atoms with E-state index in [1.54, 1.807) is 24.3 Å². The standard InChI is InChI=1S/C14H11FO2/c1-17-13-9-11(7-8-12(13)15)14(16)10-5-3-2-4-6-10/h2-9H,1H3. The highest BCUT2D eigenvalue weighted by molar-refractivity contribution is 6.09. The Morgan fingerprint density at radius 3 is 2.41 bits per heavy atom. The Labute approximate surface area is 98.7 Å². The molecule has 0 saturated heterocycles. The Morgan fingerprint density at radius 2 is 1.76 bits per heavy atom. The molecule has 2 nitrogen and oxygen atoms in total. The van der Waals surface area contributed by atoms with Crippen LogP contribution >= 0.6 is 0 Å². The predicted molar refractivity (Wildman–Crippen MR) is 62.8 cm³/mol. The summed E-state index contributed by atoms with van der Waals surface area (Å²) in [6.45, 7) is 0. The predicted octanol–water partition coefficient (Wildman–Crippen LogP) is 3.07. The molecule has 3 heteroatoms. The molecule has 0 N–H and O–H groups in total. The van der Waals surface area contributed by atoms with E-state index in [4.69, 9.17) is 4.74 Å². The van der Waals surface area contributed by atoms with Crippen molar-refractivity contribution >= 4 is 5.78 Å². The van der Waals surface area contributed by atoms with Crippen LogP contribution in [0.3, 0.4) is 0 Å². The first-order valence-corrected chi connectivity index (χ1v) is 5.15. The highest BCUT2D eigenvalue weighted by Crippen LogP contribution is 2.20. The fourth-order valence-electron chi connectivity index (χ4n) is 1.56. The maximum atomic E-state index is 13.2. The van der Waals surface area contributed by atoms with Crippen LogP contribution in [-0.4, -0.2) is 12.9 Å². The molecule has 0 atom stereocenters. The highest BCUT2D eigenvalue weighted by atomic mass is 19.1. The molecule has 0 aromatic heterocycles. The number of ketones is 1. The number of hydrogen-bond donors (Lipinski definition) is 0. The summed E-state index contributed by atoms with van der Waals surface area (Å²) in [5, 5.41) is 0. The molecule has 0 heterocycles.